The summed E-state index contributed by atoms with van der Waals surface area (Å²) in [6.45, 7) is 0. The molecule has 1 fully saturated rings. The van der Waals surface area contributed by atoms with Gasteiger partial charge >= 0.3 is 0 Å². The van der Waals surface area contributed by atoms with Gasteiger partial charge in [-0.1, -0.05) is 24.3 Å². The van der Waals surface area contributed by atoms with Crippen LogP contribution in [-0.2, 0) is 17.1 Å². The van der Waals surface area contributed by atoms with Crippen LogP contribution >= 0.6 is 0 Å². The van der Waals surface area contributed by atoms with Gasteiger partial charge in [-0.3, -0.25) is 0 Å². The molecule has 3 rings (SSSR count). The molecule has 0 heterocycles. The molecule has 2 bridgehead atoms. The number of hydrogen-bond acceptors (Lipinski definition) is 0. The molecule has 0 radical (unpaired) electrons. The minimum absolute atomic E-state index is 0. The Morgan fingerprint density at radius 3 is 2.64 bits per heavy atom. The average molecular weight is 188 g/mol. The fourth-order valence-corrected chi connectivity index (χ4v) is 2.97. The number of hydrogen-bond donors (Lipinski definition) is 0. The molecule has 11 heavy (non-hydrogen) atoms. The van der Waals surface area contributed by atoms with Crippen LogP contribution in [0.25, 0.3) is 0 Å². The minimum Gasteiger partial charge on any atom is -0.0879 e. The van der Waals surface area contributed by atoms with Crippen molar-refractivity contribution >= 4 is 0 Å². The number of rotatable bonds is 0. The molecule has 0 nitrogen and oxygen atoms in total. The van der Waals surface area contributed by atoms with Gasteiger partial charge in [0.2, 0.25) is 0 Å². The van der Waals surface area contributed by atoms with Crippen LogP contribution in [0, 0.1) is 23.7 Å². The van der Waals surface area contributed by atoms with Crippen molar-refractivity contribution in [2.75, 3.05) is 0 Å². The molecule has 0 amide bonds. The minimum atomic E-state index is 0. The summed E-state index contributed by atoms with van der Waals surface area (Å²) in [5, 5.41) is 0. The monoisotopic (exact) mass is 188 g/mol. The second-order valence-electron chi connectivity index (χ2n) is 3.85. The van der Waals surface area contributed by atoms with E-state index in [0.717, 1.165) is 23.7 Å². The molecule has 0 aromatic carbocycles. The van der Waals surface area contributed by atoms with E-state index in [-0.39, 0.29) is 17.1 Å². The van der Waals surface area contributed by atoms with E-state index in [1.165, 1.54) is 12.8 Å². The molecular formula is C10H12Fe. The summed E-state index contributed by atoms with van der Waals surface area (Å²) in [7, 11) is 0. The van der Waals surface area contributed by atoms with Gasteiger partial charge in [0, 0.05) is 17.1 Å². The van der Waals surface area contributed by atoms with E-state index < -0.39 is 0 Å². The topological polar surface area (TPSA) is 0 Å². The first kappa shape index (κ1) is 7.64. The molecule has 0 spiro atoms. The summed E-state index contributed by atoms with van der Waals surface area (Å²) in [5.41, 5.74) is 0. The fourth-order valence-electron chi connectivity index (χ4n) is 2.97. The maximum absolute atomic E-state index is 2.44. The Balaban J connectivity index is 0.000000480. The number of fused-ring (bicyclic) bond motifs is 5. The Bertz CT molecular complexity index is 217. The zero-order chi connectivity index (χ0) is 6.55. The van der Waals surface area contributed by atoms with E-state index in [4.69, 9.17) is 0 Å². The first-order valence-corrected chi connectivity index (χ1v) is 4.30. The van der Waals surface area contributed by atoms with Crippen molar-refractivity contribution < 1.29 is 17.1 Å². The smallest absolute Gasteiger partial charge is 0 e. The van der Waals surface area contributed by atoms with Gasteiger partial charge < -0.3 is 0 Å². The SMILES string of the molecule is C1=CC2C3C=CC(C3)C2C1.[Fe]. The Labute approximate surface area is 78.2 Å². The predicted molar refractivity (Wildman–Crippen MR) is 41.5 cm³/mol. The van der Waals surface area contributed by atoms with Crippen molar-refractivity contribution in [3.63, 3.8) is 0 Å². The molecule has 1 heteroatoms. The Kier molecular flexibility index (Phi) is 1.74. The van der Waals surface area contributed by atoms with Crippen LogP contribution in [0.4, 0.5) is 0 Å². The zero-order valence-corrected chi connectivity index (χ0v) is 7.49. The summed E-state index contributed by atoms with van der Waals surface area (Å²) >= 11 is 0. The van der Waals surface area contributed by atoms with Gasteiger partial charge in [-0.05, 0) is 36.5 Å². The molecule has 0 aliphatic heterocycles. The maximum Gasteiger partial charge on any atom is 0 e. The normalized spacial score (nSPS) is 49.5. The van der Waals surface area contributed by atoms with Crippen molar-refractivity contribution in [2.45, 2.75) is 12.8 Å². The molecular weight excluding hydrogens is 176 g/mol. The molecule has 3 aliphatic carbocycles. The van der Waals surface area contributed by atoms with E-state index >= 15 is 0 Å². The van der Waals surface area contributed by atoms with Gasteiger partial charge in [-0.15, -0.1) is 0 Å². The van der Waals surface area contributed by atoms with Crippen molar-refractivity contribution in [3.05, 3.63) is 24.3 Å². The van der Waals surface area contributed by atoms with E-state index in [1.54, 1.807) is 0 Å². The van der Waals surface area contributed by atoms with Crippen molar-refractivity contribution in [1.82, 2.24) is 0 Å². The molecule has 0 saturated heterocycles. The van der Waals surface area contributed by atoms with Crippen LogP contribution in [0.3, 0.4) is 0 Å². The first-order valence-electron chi connectivity index (χ1n) is 4.30. The quantitative estimate of drug-likeness (QED) is 0.404. The summed E-state index contributed by atoms with van der Waals surface area (Å²) < 4.78 is 0. The van der Waals surface area contributed by atoms with Crippen LogP contribution < -0.4 is 0 Å². The van der Waals surface area contributed by atoms with Crippen LogP contribution in [0.1, 0.15) is 12.8 Å². The third-order valence-corrected chi connectivity index (χ3v) is 3.46. The largest absolute Gasteiger partial charge is 0.0879 e. The molecule has 4 unspecified atom stereocenters. The van der Waals surface area contributed by atoms with Gasteiger partial charge in [0.25, 0.3) is 0 Å². The maximum atomic E-state index is 2.44. The van der Waals surface area contributed by atoms with Crippen molar-refractivity contribution in [1.29, 1.82) is 0 Å². The Morgan fingerprint density at radius 1 is 1.00 bits per heavy atom. The molecule has 1 saturated carbocycles. The van der Waals surface area contributed by atoms with Crippen LogP contribution in [-0.4, -0.2) is 0 Å². The fraction of sp³-hybridized carbons (Fsp3) is 0.600. The van der Waals surface area contributed by atoms with Crippen molar-refractivity contribution in [2.24, 2.45) is 23.7 Å². The summed E-state index contributed by atoms with van der Waals surface area (Å²) in [4.78, 5) is 0. The molecule has 0 aromatic heterocycles. The van der Waals surface area contributed by atoms with Crippen LogP contribution in [0.2, 0.25) is 0 Å². The van der Waals surface area contributed by atoms with Gasteiger partial charge in [0.05, 0.1) is 0 Å². The van der Waals surface area contributed by atoms with Crippen molar-refractivity contribution in [3.8, 4) is 0 Å². The van der Waals surface area contributed by atoms with E-state index in [0.29, 0.717) is 0 Å². The molecule has 60 valence electrons. The molecule has 0 aromatic rings. The third-order valence-electron chi connectivity index (χ3n) is 3.46. The first-order chi connectivity index (χ1) is 4.95. The molecule has 3 aliphatic rings. The summed E-state index contributed by atoms with van der Waals surface area (Å²) in [5.74, 6) is 3.82. The third kappa shape index (κ3) is 0.878. The van der Waals surface area contributed by atoms with Crippen LogP contribution in [0.5, 0.6) is 0 Å². The number of allylic oxidation sites excluding steroid dienone is 4. The van der Waals surface area contributed by atoms with Gasteiger partial charge in [-0.25, -0.2) is 0 Å². The zero-order valence-electron chi connectivity index (χ0n) is 6.39. The molecule has 4 atom stereocenters. The van der Waals surface area contributed by atoms with Gasteiger partial charge in [-0.2, -0.15) is 0 Å². The Morgan fingerprint density at radius 2 is 1.82 bits per heavy atom. The second-order valence-corrected chi connectivity index (χ2v) is 3.85. The van der Waals surface area contributed by atoms with Crippen LogP contribution in [0.15, 0.2) is 24.3 Å². The van der Waals surface area contributed by atoms with Gasteiger partial charge in [0.1, 0.15) is 0 Å². The van der Waals surface area contributed by atoms with E-state index in [9.17, 15) is 0 Å². The van der Waals surface area contributed by atoms with E-state index in [2.05, 4.69) is 24.3 Å². The summed E-state index contributed by atoms with van der Waals surface area (Å²) in [6, 6.07) is 0. The standard InChI is InChI=1S/C10H12.Fe/c1-2-9-7-4-5-8(6-7)10(9)3-1;/h1-2,4-5,7-10H,3,6H2;. The summed E-state index contributed by atoms with van der Waals surface area (Å²) in [6.07, 6.45) is 12.5. The second kappa shape index (κ2) is 2.50. The molecule has 0 N–H and O–H groups in total. The van der Waals surface area contributed by atoms with Gasteiger partial charge in [0.15, 0.2) is 0 Å². The average Bonchev–Trinajstić information content (AvgIpc) is 2.60. The predicted octanol–water partition coefficient (Wildman–Crippen LogP) is 2.38. The van der Waals surface area contributed by atoms with E-state index in [1.807, 2.05) is 0 Å². The Hall–Kier alpha value is -0.000519.